The number of nitrogens with zero attached hydrogens (tertiary/aromatic N) is 4. The maximum Gasteiger partial charge on any atom is 0.337 e. The molecular formula is C16H22N4O3S2. The summed E-state index contributed by atoms with van der Waals surface area (Å²) in [4.78, 5) is 23.2. The molecule has 0 N–H and O–H groups in total. The number of ether oxygens (including phenoxy) is 1. The van der Waals surface area contributed by atoms with Gasteiger partial charge in [-0.1, -0.05) is 0 Å². The van der Waals surface area contributed by atoms with E-state index in [1.807, 2.05) is 28.4 Å². The first kappa shape index (κ1) is 18.4. The van der Waals surface area contributed by atoms with Crippen LogP contribution in [-0.2, 0) is 20.9 Å². The predicted molar refractivity (Wildman–Crippen MR) is 98.7 cm³/mol. The third-order valence-corrected chi connectivity index (χ3v) is 6.44. The Hall–Kier alpha value is -1.42. The highest BCUT2D eigenvalue weighted by atomic mass is 32.2. The summed E-state index contributed by atoms with van der Waals surface area (Å²) in [5.74, 6) is 0.432. The number of rotatable bonds is 5. The van der Waals surface area contributed by atoms with Gasteiger partial charge in [0.15, 0.2) is 10.8 Å². The molecule has 0 amide bonds. The number of aliphatic imine (C=N–C) groups is 1. The molecule has 2 aliphatic heterocycles. The Labute approximate surface area is 154 Å². The number of methoxy groups -OCH3 is 1. The fourth-order valence-electron chi connectivity index (χ4n) is 3.47. The minimum Gasteiger partial charge on any atom is -0.598 e. The smallest absolute Gasteiger partial charge is 0.337 e. The minimum atomic E-state index is -1.09. The number of hydrogen-bond acceptors (Lipinski definition) is 8. The molecule has 9 heteroatoms. The third kappa shape index (κ3) is 3.46. The van der Waals surface area contributed by atoms with Crippen LogP contribution in [0.5, 0.6) is 0 Å². The van der Waals surface area contributed by atoms with Gasteiger partial charge in [-0.25, -0.2) is 9.78 Å². The number of hydrogen-bond donors (Lipinski definition) is 0. The van der Waals surface area contributed by atoms with Crippen molar-refractivity contribution in [2.45, 2.75) is 32.4 Å². The zero-order valence-corrected chi connectivity index (χ0v) is 16.4. The average molecular weight is 383 g/mol. The maximum atomic E-state index is 12.2. The van der Waals surface area contributed by atoms with Gasteiger partial charge in [0, 0.05) is 41.6 Å². The number of thiazole rings is 1. The molecule has 2 aliphatic rings. The molecule has 0 bridgehead atoms. The second kappa shape index (κ2) is 7.45. The van der Waals surface area contributed by atoms with Crippen molar-refractivity contribution < 1.29 is 14.1 Å². The van der Waals surface area contributed by atoms with Crippen LogP contribution in [0.4, 0.5) is 0 Å². The van der Waals surface area contributed by atoms with Gasteiger partial charge in [-0.15, -0.1) is 15.6 Å². The third-order valence-electron chi connectivity index (χ3n) is 4.36. The molecule has 0 saturated carbocycles. The lowest BCUT2D eigenvalue weighted by Gasteiger charge is -2.30. The summed E-state index contributed by atoms with van der Waals surface area (Å²) in [6, 6.07) is 0.184. The molecule has 3 heterocycles. The Kier molecular flexibility index (Phi) is 5.47. The molecule has 2 atom stereocenters. The molecule has 1 fully saturated rings. The Morgan fingerprint density at radius 2 is 2.32 bits per heavy atom. The number of esters is 1. The van der Waals surface area contributed by atoms with E-state index in [2.05, 4.69) is 9.98 Å². The molecule has 0 spiro atoms. The first-order valence-electron chi connectivity index (χ1n) is 8.08. The normalized spacial score (nSPS) is 21.6. The van der Waals surface area contributed by atoms with E-state index in [9.17, 15) is 9.35 Å². The van der Waals surface area contributed by atoms with E-state index < -0.39 is 11.4 Å². The molecular weight excluding hydrogens is 360 g/mol. The molecule has 136 valence electrons. The minimum absolute atomic E-state index is 0.0451. The standard InChI is InChI=1S/C16H22N4O3S2/c1-10(2)20(25(4)22)11-7-13-12(16(21)23-3)8-18-14(19(13)9-11)15-17-5-6-24-15/h5-6,10-11H,7-9H2,1-4H3. The van der Waals surface area contributed by atoms with Crippen LogP contribution >= 0.6 is 11.3 Å². The lowest BCUT2D eigenvalue weighted by atomic mass is 10.1. The molecule has 1 aromatic rings. The summed E-state index contributed by atoms with van der Waals surface area (Å²) in [6.07, 6.45) is 4.09. The van der Waals surface area contributed by atoms with Gasteiger partial charge in [-0.2, -0.15) is 0 Å². The van der Waals surface area contributed by atoms with E-state index in [1.165, 1.54) is 18.4 Å². The van der Waals surface area contributed by atoms with Crippen molar-refractivity contribution in [3.8, 4) is 0 Å². The quantitative estimate of drug-likeness (QED) is 0.566. The second-order valence-corrected chi connectivity index (χ2v) is 8.40. The Balaban J connectivity index is 1.97. The van der Waals surface area contributed by atoms with Crippen LogP contribution in [0.15, 0.2) is 27.8 Å². The maximum absolute atomic E-state index is 12.2. The van der Waals surface area contributed by atoms with Gasteiger partial charge in [0.25, 0.3) is 0 Å². The van der Waals surface area contributed by atoms with E-state index in [0.717, 1.165) is 16.5 Å². The van der Waals surface area contributed by atoms with Crippen LogP contribution in [0.2, 0.25) is 0 Å². The van der Waals surface area contributed by atoms with Crippen molar-refractivity contribution in [3.63, 3.8) is 0 Å². The number of carbonyl (C=O) groups is 1. The Morgan fingerprint density at radius 1 is 1.56 bits per heavy atom. The van der Waals surface area contributed by atoms with Gasteiger partial charge in [0.1, 0.15) is 6.26 Å². The molecule has 0 aliphatic carbocycles. The SMILES string of the molecule is COC(=O)C1=C2CC(N(C(C)C)[S+](C)[O-])CN2C(c2nccs2)=NC1. The van der Waals surface area contributed by atoms with Gasteiger partial charge in [0.05, 0.1) is 31.3 Å². The topological polar surface area (TPSA) is 81.1 Å². The van der Waals surface area contributed by atoms with E-state index >= 15 is 0 Å². The van der Waals surface area contributed by atoms with E-state index in [-0.39, 0.29) is 24.6 Å². The van der Waals surface area contributed by atoms with Gasteiger partial charge in [-0.05, 0) is 13.8 Å². The first-order valence-corrected chi connectivity index (χ1v) is 10.5. The van der Waals surface area contributed by atoms with E-state index in [0.29, 0.717) is 18.5 Å². The molecule has 0 aromatic carbocycles. The highest BCUT2D eigenvalue weighted by Crippen LogP contribution is 2.35. The van der Waals surface area contributed by atoms with Crippen molar-refractivity contribution in [2.24, 2.45) is 4.99 Å². The summed E-state index contributed by atoms with van der Waals surface area (Å²) in [5.41, 5.74) is 1.49. The lowest BCUT2D eigenvalue weighted by Crippen LogP contribution is -2.46. The van der Waals surface area contributed by atoms with Crippen LogP contribution in [0.25, 0.3) is 0 Å². The zero-order valence-electron chi connectivity index (χ0n) is 14.8. The zero-order chi connectivity index (χ0) is 18.1. The summed E-state index contributed by atoms with van der Waals surface area (Å²) in [5, 5.41) is 2.74. The Morgan fingerprint density at radius 3 is 2.88 bits per heavy atom. The van der Waals surface area contributed by atoms with Crippen LogP contribution in [0, 0.1) is 0 Å². The summed E-state index contributed by atoms with van der Waals surface area (Å²) < 4.78 is 19.2. The van der Waals surface area contributed by atoms with E-state index in [4.69, 9.17) is 4.74 Å². The molecule has 2 unspecified atom stereocenters. The molecule has 1 aromatic heterocycles. The van der Waals surface area contributed by atoms with Crippen molar-refractivity contribution in [2.75, 3.05) is 26.5 Å². The molecule has 25 heavy (non-hydrogen) atoms. The molecule has 0 radical (unpaired) electrons. The fraction of sp³-hybridized carbons (Fsp3) is 0.562. The average Bonchev–Trinajstić information content (AvgIpc) is 3.22. The number of amidine groups is 1. The van der Waals surface area contributed by atoms with Crippen molar-refractivity contribution >= 4 is 34.5 Å². The van der Waals surface area contributed by atoms with Gasteiger partial charge in [0.2, 0.25) is 0 Å². The highest BCUT2D eigenvalue weighted by molar-refractivity contribution is 7.88. The predicted octanol–water partition coefficient (Wildman–Crippen LogP) is 1.41. The largest absolute Gasteiger partial charge is 0.598 e. The second-order valence-electron chi connectivity index (χ2n) is 6.24. The molecule has 1 saturated heterocycles. The Bertz CT molecular complexity index is 692. The summed E-state index contributed by atoms with van der Waals surface area (Å²) in [6.45, 7) is 4.98. The number of fused-ring (bicyclic) bond motifs is 1. The highest BCUT2D eigenvalue weighted by Gasteiger charge is 2.43. The molecule has 7 nitrogen and oxygen atoms in total. The fourth-order valence-corrected chi connectivity index (χ4v) is 5.28. The van der Waals surface area contributed by atoms with Crippen LogP contribution in [0.3, 0.4) is 0 Å². The van der Waals surface area contributed by atoms with Gasteiger partial charge < -0.3 is 14.2 Å². The summed E-state index contributed by atoms with van der Waals surface area (Å²) in [7, 11) is 1.38. The van der Waals surface area contributed by atoms with Gasteiger partial charge in [-0.3, -0.25) is 4.99 Å². The van der Waals surface area contributed by atoms with E-state index in [1.54, 1.807) is 12.5 Å². The first-order chi connectivity index (χ1) is 11.9. The lowest BCUT2D eigenvalue weighted by molar-refractivity contribution is -0.136. The van der Waals surface area contributed by atoms with Crippen LogP contribution < -0.4 is 0 Å². The van der Waals surface area contributed by atoms with Crippen molar-refractivity contribution in [3.05, 3.63) is 27.9 Å². The van der Waals surface area contributed by atoms with Crippen molar-refractivity contribution in [1.82, 2.24) is 14.2 Å². The number of aromatic nitrogens is 1. The van der Waals surface area contributed by atoms with Crippen molar-refractivity contribution in [1.29, 1.82) is 0 Å². The molecule has 3 rings (SSSR count). The van der Waals surface area contributed by atoms with Gasteiger partial charge >= 0.3 is 5.97 Å². The van der Waals surface area contributed by atoms with Crippen LogP contribution in [-0.4, -0.2) is 69.1 Å². The van der Waals surface area contributed by atoms with Crippen LogP contribution in [0.1, 0.15) is 25.3 Å². The number of carbonyl (C=O) groups excluding carboxylic acids is 1. The summed E-state index contributed by atoms with van der Waals surface area (Å²) >= 11 is 0.427. The monoisotopic (exact) mass is 382 g/mol.